The van der Waals surface area contributed by atoms with Crippen LogP contribution in [0.4, 0.5) is 0 Å². The zero-order chi connectivity index (χ0) is 9.38. The highest BCUT2D eigenvalue weighted by atomic mass is 15.3. The van der Waals surface area contributed by atoms with E-state index in [1.54, 1.807) is 10.9 Å². The van der Waals surface area contributed by atoms with Crippen LogP contribution < -0.4 is 0 Å². The molecule has 0 bridgehead atoms. The summed E-state index contributed by atoms with van der Waals surface area (Å²) >= 11 is 0. The van der Waals surface area contributed by atoms with Gasteiger partial charge in [0.15, 0.2) is 5.82 Å². The maximum atomic E-state index is 4.39. The monoisotopic (exact) mass is 184 g/mol. The molecular formula is C10H8N4. The summed E-state index contributed by atoms with van der Waals surface area (Å²) in [5, 5.41) is 4.39. The molecule has 3 rings (SSSR count). The van der Waals surface area contributed by atoms with Gasteiger partial charge in [0.2, 0.25) is 0 Å². The fourth-order valence-corrected chi connectivity index (χ4v) is 1.49. The number of rotatable bonds is 1. The summed E-state index contributed by atoms with van der Waals surface area (Å²) in [7, 11) is 0. The summed E-state index contributed by atoms with van der Waals surface area (Å²) in [5.74, 6) is 0.843. The molecule has 14 heavy (non-hydrogen) atoms. The van der Waals surface area contributed by atoms with E-state index in [4.69, 9.17) is 0 Å². The second-order valence-electron chi connectivity index (χ2n) is 3.13. The normalized spacial score (nSPS) is 13.1. The Balaban J connectivity index is 2.10. The summed E-state index contributed by atoms with van der Waals surface area (Å²) in [6.07, 6.45) is 5.56. The van der Waals surface area contributed by atoms with Gasteiger partial charge in [0.05, 0.1) is 12.2 Å². The smallest absolute Gasteiger partial charge is 0.153 e. The Morgan fingerprint density at radius 3 is 3.07 bits per heavy atom. The molecule has 0 aromatic carbocycles. The molecule has 0 fully saturated rings. The van der Waals surface area contributed by atoms with Gasteiger partial charge in [-0.25, -0.2) is 9.67 Å². The molecule has 2 aromatic rings. The Morgan fingerprint density at radius 2 is 2.29 bits per heavy atom. The molecule has 0 aliphatic carbocycles. The molecule has 0 atom stereocenters. The minimum absolute atomic E-state index is 0.690. The zero-order valence-corrected chi connectivity index (χ0v) is 7.46. The molecule has 0 N–H and O–H groups in total. The van der Waals surface area contributed by atoms with E-state index in [0.29, 0.717) is 6.54 Å². The van der Waals surface area contributed by atoms with Gasteiger partial charge < -0.3 is 0 Å². The highest BCUT2D eigenvalue weighted by molar-refractivity contribution is 5.83. The van der Waals surface area contributed by atoms with Crippen molar-refractivity contribution in [2.75, 3.05) is 0 Å². The number of hydrogen-bond donors (Lipinski definition) is 0. The molecule has 0 saturated heterocycles. The molecule has 4 nitrogen and oxygen atoms in total. The molecule has 0 amide bonds. The van der Waals surface area contributed by atoms with Crippen molar-refractivity contribution >= 4 is 6.21 Å². The Morgan fingerprint density at radius 1 is 1.29 bits per heavy atom. The van der Waals surface area contributed by atoms with Crippen molar-refractivity contribution in [1.29, 1.82) is 0 Å². The molecule has 0 spiro atoms. The van der Waals surface area contributed by atoms with E-state index in [1.165, 1.54) is 0 Å². The van der Waals surface area contributed by atoms with Crippen LogP contribution in [0, 0.1) is 0 Å². The van der Waals surface area contributed by atoms with E-state index in [-0.39, 0.29) is 0 Å². The fourth-order valence-electron chi connectivity index (χ4n) is 1.49. The van der Waals surface area contributed by atoms with Crippen molar-refractivity contribution < 1.29 is 0 Å². The number of pyridine rings is 1. The van der Waals surface area contributed by atoms with Crippen molar-refractivity contribution in [3.05, 3.63) is 41.9 Å². The van der Waals surface area contributed by atoms with Crippen molar-refractivity contribution in [2.45, 2.75) is 6.54 Å². The Labute approximate surface area is 80.9 Å². The summed E-state index contributed by atoms with van der Waals surface area (Å²) < 4.78 is 1.79. The second kappa shape index (κ2) is 2.77. The van der Waals surface area contributed by atoms with Gasteiger partial charge >= 0.3 is 0 Å². The predicted octanol–water partition coefficient (Wildman–Crippen LogP) is 1.20. The molecule has 4 heteroatoms. The third-order valence-corrected chi connectivity index (χ3v) is 2.18. The van der Waals surface area contributed by atoms with Gasteiger partial charge in [0, 0.05) is 24.2 Å². The van der Waals surface area contributed by atoms with Crippen LogP contribution in [0.3, 0.4) is 0 Å². The van der Waals surface area contributed by atoms with Crippen molar-refractivity contribution in [3.8, 4) is 5.82 Å². The van der Waals surface area contributed by atoms with Gasteiger partial charge in [0.1, 0.15) is 0 Å². The third-order valence-electron chi connectivity index (χ3n) is 2.18. The summed E-state index contributed by atoms with van der Waals surface area (Å²) in [6, 6.07) is 5.77. The van der Waals surface area contributed by atoms with Gasteiger partial charge in [0.25, 0.3) is 0 Å². The molecule has 0 unspecified atom stereocenters. The Hall–Kier alpha value is -1.97. The molecule has 68 valence electrons. The minimum atomic E-state index is 0.690. The van der Waals surface area contributed by atoms with E-state index in [9.17, 15) is 0 Å². The first kappa shape index (κ1) is 7.44. The van der Waals surface area contributed by atoms with Gasteiger partial charge in [-0.2, -0.15) is 5.10 Å². The highest BCUT2D eigenvalue weighted by Gasteiger charge is 2.11. The molecular weight excluding hydrogens is 176 g/mol. The number of hydrogen-bond acceptors (Lipinski definition) is 3. The maximum absolute atomic E-state index is 4.39. The molecule has 2 aromatic heterocycles. The lowest BCUT2D eigenvalue weighted by atomic mass is 10.3. The van der Waals surface area contributed by atoms with E-state index < -0.39 is 0 Å². The van der Waals surface area contributed by atoms with Crippen LogP contribution in [0.1, 0.15) is 11.3 Å². The molecule has 0 radical (unpaired) electrons. The lowest BCUT2D eigenvalue weighted by Crippen LogP contribution is -1.97. The van der Waals surface area contributed by atoms with E-state index in [2.05, 4.69) is 15.1 Å². The number of aliphatic imine (C=N–C) groups is 1. The van der Waals surface area contributed by atoms with Crippen LogP contribution >= 0.6 is 0 Å². The molecule has 1 aliphatic rings. The van der Waals surface area contributed by atoms with Crippen molar-refractivity contribution in [1.82, 2.24) is 14.8 Å². The average Bonchev–Trinajstić information content (AvgIpc) is 2.78. The van der Waals surface area contributed by atoms with Gasteiger partial charge in [-0.3, -0.25) is 4.99 Å². The van der Waals surface area contributed by atoms with Gasteiger partial charge in [-0.05, 0) is 12.1 Å². The summed E-state index contributed by atoms with van der Waals surface area (Å²) in [6.45, 7) is 0.690. The third kappa shape index (κ3) is 1.04. The first-order chi connectivity index (χ1) is 6.93. The summed E-state index contributed by atoms with van der Waals surface area (Å²) in [4.78, 5) is 8.34. The van der Waals surface area contributed by atoms with Crippen LogP contribution in [0.2, 0.25) is 0 Å². The van der Waals surface area contributed by atoms with E-state index in [0.717, 1.165) is 17.1 Å². The van der Waals surface area contributed by atoms with Gasteiger partial charge in [-0.1, -0.05) is 6.07 Å². The number of fused-ring (bicyclic) bond motifs is 1. The second-order valence-corrected chi connectivity index (χ2v) is 3.13. The number of nitrogens with zero attached hydrogens (tertiary/aromatic N) is 4. The van der Waals surface area contributed by atoms with Crippen molar-refractivity contribution in [2.24, 2.45) is 4.99 Å². The summed E-state index contributed by atoms with van der Waals surface area (Å²) in [5.41, 5.74) is 2.12. The largest absolute Gasteiger partial charge is 0.286 e. The first-order valence-corrected chi connectivity index (χ1v) is 4.43. The van der Waals surface area contributed by atoms with Crippen molar-refractivity contribution in [3.63, 3.8) is 0 Å². The van der Waals surface area contributed by atoms with Crippen LogP contribution in [0.5, 0.6) is 0 Å². The average molecular weight is 184 g/mol. The molecule has 0 saturated carbocycles. The fraction of sp³-hybridized carbons (Fsp3) is 0.100. The van der Waals surface area contributed by atoms with Crippen LogP contribution in [0.15, 0.2) is 35.6 Å². The Bertz CT molecular complexity index is 484. The molecule has 3 heterocycles. The lowest BCUT2D eigenvalue weighted by molar-refractivity contribution is 0.812. The SMILES string of the molecule is C1=NCc2nn(-c3ccccn3)cc21. The first-order valence-electron chi connectivity index (χ1n) is 4.43. The predicted molar refractivity (Wildman–Crippen MR) is 52.7 cm³/mol. The Kier molecular flexibility index (Phi) is 1.47. The number of aromatic nitrogens is 3. The lowest BCUT2D eigenvalue weighted by Gasteiger charge is -1.97. The highest BCUT2D eigenvalue weighted by Crippen LogP contribution is 2.13. The minimum Gasteiger partial charge on any atom is -0.286 e. The molecule has 1 aliphatic heterocycles. The topological polar surface area (TPSA) is 43.1 Å². The zero-order valence-electron chi connectivity index (χ0n) is 7.46. The van der Waals surface area contributed by atoms with Crippen LogP contribution in [0.25, 0.3) is 5.82 Å². The van der Waals surface area contributed by atoms with Crippen LogP contribution in [-0.2, 0) is 6.54 Å². The standard InChI is InChI=1S/C10H8N4/c1-2-4-12-10(3-1)14-7-8-5-11-6-9(8)13-14/h1-5,7H,6H2. The van der Waals surface area contributed by atoms with E-state index in [1.807, 2.05) is 30.6 Å². The van der Waals surface area contributed by atoms with E-state index >= 15 is 0 Å². The quantitative estimate of drug-likeness (QED) is 0.668. The van der Waals surface area contributed by atoms with Crippen LogP contribution in [-0.4, -0.2) is 21.0 Å². The van der Waals surface area contributed by atoms with Gasteiger partial charge in [-0.15, -0.1) is 0 Å². The maximum Gasteiger partial charge on any atom is 0.153 e.